The van der Waals surface area contributed by atoms with Gasteiger partial charge in [0.1, 0.15) is 5.69 Å². The number of pyridine rings is 1. The van der Waals surface area contributed by atoms with Crippen LogP contribution in [0, 0.1) is 0 Å². The van der Waals surface area contributed by atoms with E-state index in [9.17, 15) is 31.1 Å². The van der Waals surface area contributed by atoms with Gasteiger partial charge in [-0.3, -0.25) is 4.79 Å². The Morgan fingerprint density at radius 3 is 2.38 bits per heavy atom. The molecular weight excluding hydrogens is 400 g/mol. The molecule has 0 unspecified atom stereocenters. The van der Waals surface area contributed by atoms with Gasteiger partial charge in [-0.15, -0.1) is 0 Å². The SMILES string of the molecule is O=C1Cc2cc(Nc3cc(C(F)(F)F)nc4cc(C(F)(F)F)ccc34)ccc2N1. The lowest BCUT2D eigenvalue weighted by atomic mass is 10.1. The molecule has 1 aliphatic heterocycles. The maximum atomic E-state index is 13.2. The number of fused-ring (bicyclic) bond motifs is 2. The number of hydrogen-bond acceptors (Lipinski definition) is 3. The molecule has 1 amide bonds. The molecule has 0 spiro atoms. The zero-order valence-corrected chi connectivity index (χ0v) is 14.4. The van der Waals surface area contributed by atoms with Crippen molar-refractivity contribution in [2.24, 2.45) is 0 Å². The van der Waals surface area contributed by atoms with Crippen LogP contribution in [0.25, 0.3) is 10.9 Å². The van der Waals surface area contributed by atoms with E-state index in [0.717, 1.165) is 18.2 Å². The molecule has 0 saturated heterocycles. The highest BCUT2D eigenvalue weighted by molar-refractivity contribution is 6.00. The van der Waals surface area contributed by atoms with Gasteiger partial charge in [0.25, 0.3) is 0 Å². The van der Waals surface area contributed by atoms with E-state index in [2.05, 4.69) is 15.6 Å². The van der Waals surface area contributed by atoms with Gasteiger partial charge in [-0.1, -0.05) is 6.07 Å². The summed E-state index contributed by atoms with van der Waals surface area (Å²) in [4.78, 5) is 14.8. The minimum Gasteiger partial charge on any atom is -0.355 e. The Bertz CT molecular complexity index is 1130. The molecule has 29 heavy (non-hydrogen) atoms. The largest absolute Gasteiger partial charge is 0.433 e. The Labute approximate surface area is 159 Å². The lowest BCUT2D eigenvalue weighted by Gasteiger charge is -2.15. The summed E-state index contributed by atoms with van der Waals surface area (Å²) in [6, 6.07) is 7.93. The monoisotopic (exact) mass is 411 g/mol. The third kappa shape index (κ3) is 3.69. The van der Waals surface area contributed by atoms with E-state index in [4.69, 9.17) is 0 Å². The molecule has 0 fully saturated rings. The van der Waals surface area contributed by atoms with Crippen molar-refractivity contribution >= 4 is 33.9 Å². The van der Waals surface area contributed by atoms with E-state index < -0.39 is 29.1 Å². The molecule has 1 aromatic heterocycles. The van der Waals surface area contributed by atoms with Crippen LogP contribution in [-0.4, -0.2) is 10.9 Å². The number of anilines is 3. The number of carbonyl (C=O) groups is 1. The van der Waals surface area contributed by atoms with Crippen LogP contribution in [0.2, 0.25) is 0 Å². The van der Waals surface area contributed by atoms with Crippen LogP contribution in [0.3, 0.4) is 0 Å². The molecule has 10 heteroatoms. The summed E-state index contributed by atoms with van der Waals surface area (Å²) in [5.74, 6) is -0.203. The van der Waals surface area contributed by atoms with Crippen molar-refractivity contribution in [1.82, 2.24) is 4.98 Å². The number of nitrogens with zero attached hydrogens (tertiary/aromatic N) is 1. The molecule has 2 aromatic carbocycles. The number of hydrogen-bond donors (Lipinski definition) is 2. The number of carbonyl (C=O) groups excluding carboxylic acids is 1. The Morgan fingerprint density at radius 1 is 0.931 bits per heavy atom. The second-order valence-corrected chi connectivity index (χ2v) is 6.50. The smallest absolute Gasteiger partial charge is 0.355 e. The molecule has 2 N–H and O–H groups in total. The van der Waals surface area contributed by atoms with Crippen LogP contribution in [0.15, 0.2) is 42.5 Å². The standard InChI is InChI=1S/C19H11F6N3O/c20-18(21,22)10-1-3-12-14(7-10)27-16(19(23,24)25)8-15(12)26-11-2-4-13-9(5-11)6-17(29)28-13/h1-5,7-8H,6H2,(H,26,27)(H,28,29). The Morgan fingerprint density at radius 2 is 1.69 bits per heavy atom. The van der Waals surface area contributed by atoms with Gasteiger partial charge in [0, 0.05) is 16.8 Å². The minimum absolute atomic E-state index is 0.0479. The fourth-order valence-electron chi connectivity index (χ4n) is 3.12. The first kappa shape index (κ1) is 19.0. The first-order chi connectivity index (χ1) is 13.5. The van der Waals surface area contributed by atoms with Crippen molar-refractivity contribution in [2.45, 2.75) is 18.8 Å². The highest BCUT2D eigenvalue weighted by Crippen LogP contribution is 2.37. The normalized spacial score (nSPS) is 14.1. The number of nitrogens with one attached hydrogen (secondary N) is 2. The van der Waals surface area contributed by atoms with Gasteiger partial charge >= 0.3 is 12.4 Å². The highest BCUT2D eigenvalue weighted by Gasteiger charge is 2.35. The molecule has 2 heterocycles. The number of rotatable bonds is 2. The zero-order valence-electron chi connectivity index (χ0n) is 14.4. The summed E-state index contributed by atoms with van der Waals surface area (Å²) < 4.78 is 78.6. The van der Waals surface area contributed by atoms with Crippen molar-refractivity contribution in [2.75, 3.05) is 10.6 Å². The lowest BCUT2D eigenvalue weighted by molar-refractivity contribution is -0.140. The second kappa shape index (κ2) is 6.36. The van der Waals surface area contributed by atoms with Crippen molar-refractivity contribution in [3.05, 3.63) is 59.3 Å². The average Bonchev–Trinajstić information content (AvgIpc) is 2.99. The molecule has 0 saturated carbocycles. The van der Waals surface area contributed by atoms with Crippen molar-refractivity contribution < 1.29 is 31.1 Å². The summed E-state index contributed by atoms with van der Waals surface area (Å²) in [5, 5.41) is 5.54. The quantitative estimate of drug-likeness (QED) is 0.547. The number of halogens is 6. The predicted octanol–water partition coefficient (Wildman–Crippen LogP) is 5.51. The van der Waals surface area contributed by atoms with Crippen LogP contribution in [0.5, 0.6) is 0 Å². The fraction of sp³-hybridized carbons (Fsp3) is 0.158. The van der Waals surface area contributed by atoms with Gasteiger partial charge in [-0.05, 0) is 42.0 Å². The van der Waals surface area contributed by atoms with Crippen molar-refractivity contribution in [1.29, 1.82) is 0 Å². The van der Waals surface area contributed by atoms with Crippen LogP contribution < -0.4 is 10.6 Å². The van der Waals surface area contributed by atoms with Crippen molar-refractivity contribution in [3.8, 4) is 0 Å². The Hall–Kier alpha value is -3.30. The molecule has 3 aromatic rings. The van der Waals surface area contributed by atoms with Crippen LogP contribution >= 0.6 is 0 Å². The van der Waals surface area contributed by atoms with Gasteiger partial charge in [-0.25, -0.2) is 4.98 Å². The summed E-state index contributed by atoms with van der Waals surface area (Å²) in [6.07, 6.45) is -9.42. The fourth-order valence-corrected chi connectivity index (χ4v) is 3.12. The highest BCUT2D eigenvalue weighted by atomic mass is 19.4. The van der Waals surface area contributed by atoms with Gasteiger partial charge in [0.15, 0.2) is 0 Å². The third-order valence-electron chi connectivity index (χ3n) is 4.44. The average molecular weight is 411 g/mol. The van der Waals surface area contributed by atoms with E-state index in [1.54, 1.807) is 18.2 Å². The first-order valence-corrected chi connectivity index (χ1v) is 8.30. The predicted molar refractivity (Wildman–Crippen MR) is 93.8 cm³/mol. The maximum Gasteiger partial charge on any atom is 0.433 e. The van der Waals surface area contributed by atoms with E-state index >= 15 is 0 Å². The number of alkyl halides is 6. The zero-order chi connectivity index (χ0) is 21.0. The first-order valence-electron chi connectivity index (χ1n) is 8.30. The van der Waals surface area contributed by atoms with Gasteiger partial charge in [0.2, 0.25) is 5.91 Å². The van der Waals surface area contributed by atoms with Crippen molar-refractivity contribution in [3.63, 3.8) is 0 Å². The molecule has 0 atom stereocenters. The summed E-state index contributed by atoms with van der Waals surface area (Å²) in [7, 11) is 0. The van der Waals surface area contributed by atoms with Gasteiger partial charge in [-0.2, -0.15) is 26.3 Å². The Balaban J connectivity index is 1.82. The second-order valence-electron chi connectivity index (χ2n) is 6.50. The number of benzene rings is 2. The van der Waals surface area contributed by atoms with Gasteiger partial charge < -0.3 is 10.6 Å². The molecule has 0 bridgehead atoms. The summed E-state index contributed by atoms with van der Waals surface area (Å²) in [5.41, 5.74) is -1.24. The Kier molecular flexibility index (Phi) is 4.18. The van der Waals surface area contributed by atoms with E-state index in [0.29, 0.717) is 23.0 Å². The topological polar surface area (TPSA) is 54.0 Å². The summed E-state index contributed by atoms with van der Waals surface area (Å²) in [6.45, 7) is 0. The van der Waals surface area contributed by atoms with E-state index in [-0.39, 0.29) is 23.4 Å². The van der Waals surface area contributed by atoms with E-state index in [1.165, 1.54) is 0 Å². The number of amides is 1. The number of aromatic nitrogens is 1. The molecule has 0 radical (unpaired) electrons. The maximum absolute atomic E-state index is 13.2. The van der Waals surface area contributed by atoms with Crippen LogP contribution in [0.4, 0.5) is 43.4 Å². The molecule has 4 nitrogen and oxygen atoms in total. The minimum atomic E-state index is -4.84. The molecule has 150 valence electrons. The molecule has 0 aliphatic carbocycles. The molecule has 1 aliphatic rings. The van der Waals surface area contributed by atoms with Crippen LogP contribution in [0.1, 0.15) is 16.8 Å². The van der Waals surface area contributed by atoms with E-state index in [1.807, 2.05) is 0 Å². The van der Waals surface area contributed by atoms with Gasteiger partial charge in [0.05, 0.1) is 23.2 Å². The molecular formula is C19H11F6N3O. The molecule has 4 rings (SSSR count). The summed E-state index contributed by atoms with van der Waals surface area (Å²) >= 11 is 0. The van der Waals surface area contributed by atoms with Crippen LogP contribution in [-0.2, 0) is 23.6 Å². The lowest BCUT2D eigenvalue weighted by Crippen LogP contribution is -2.10. The third-order valence-corrected chi connectivity index (χ3v) is 4.44.